The first kappa shape index (κ1) is 21.4. The van der Waals surface area contributed by atoms with Crippen LogP contribution in [0.25, 0.3) is 0 Å². The second-order valence-electron chi connectivity index (χ2n) is 6.13. The average molecular weight is 462 g/mol. The minimum atomic E-state index is -4.19. The number of methoxy groups -OCH3 is 1. The lowest BCUT2D eigenvalue weighted by atomic mass is 10.3. The predicted molar refractivity (Wildman–Crippen MR) is 106 cm³/mol. The quantitative estimate of drug-likeness (QED) is 0.582. The Morgan fingerprint density at radius 2 is 1.86 bits per heavy atom. The number of nitrogens with one attached hydrogen (secondary N) is 2. The summed E-state index contributed by atoms with van der Waals surface area (Å²) >= 11 is 0.659. The molecule has 3 rings (SSSR count). The highest BCUT2D eigenvalue weighted by Gasteiger charge is 2.29. The van der Waals surface area contributed by atoms with Crippen LogP contribution in [0.5, 0.6) is 5.75 Å². The summed E-state index contributed by atoms with van der Waals surface area (Å²) in [5, 5.41) is 9.53. The van der Waals surface area contributed by atoms with Crippen molar-refractivity contribution >= 4 is 48.1 Å². The number of rotatable bonds is 7. The third kappa shape index (κ3) is 4.66. The molecule has 1 aliphatic rings. The molecule has 0 saturated carbocycles. The van der Waals surface area contributed by atoms with E-state index in [9.17, 15) is 21.6 Å². The minimum Gasteiger partial charge on any atom is -0.495 e. The van der Waals surface area contributed by atoms with Gasteiger partial charge in [-0.3, -0.25) is 9.52 Å². The molecule has 29 heavy (non-hydrogen) atoms. The minimum absolute atomic E-state index is 0.0233. The van der Waals surface area contributed by atoms with Gasteiger partial charge in [-0.15, -0.1) is 10.2 Å². The highest BCUT2D eigenvalue weighted by Crippen LogP contribution is 2.32. The van der Waals surface area contributed by atoms with Crippen LogP contribution in [0.3, 0.4) is 0 Å². The van der Waals surface area contributed by atoms with Crippen LogP contribution >= 0.6 is 11.3 Å². The van der Waals surface area contributed by atoms with Gasteiger partial charge in [0, 0.05) is 20.0 Å². The molecule has 1 fully saturated rings. The summed E-state index contributed by atoms with van der Waals surface area (Å²) in [5.74, 6) is -0.278. The molecule has 2 N–H and O–H groups in total. The molecule has 0 radical (unpaired) electrons. The van der Waals surface area contributed by atoms with E-state index < -0.39 is 30.3 Å². The van der Waals surface area contributed by atoms with Crippen molar-refractivity contribution in [2.24, 2.45) is 0 Å². The number of sulfonamides is 2. The monoisotopic (exact) mass is 461 g/mol. The topological polar surface area (TPSA) is 148 Å². The van der Waals surface area contributed by atoms with E-state index in [-0.39, 0.29) is 21.5 Å². The van der Waals surface area contributed by atoms with Gasteiger partial charge in [0.15, 0.2) is 0 Å². The van der Waals surface area contributed by atoms with Gasteiger partial charge in [0.2, 0.25) is 21.1 Å². The molecule has 1 amide bonds. The molecule has 1 saturated heterocycles. The fourth-order valence-corrected chi connectivity index (χ4v) is 6.27. The third-order valence-corrected chi connectivity index (χ3v) is 8.50. The normalized spacial score (nSPS) is 15.2. The molecule has 1 aromatic carbocycles. The van der Waals surface area contributed by atoms with Gasteiger partial charge in [-0.25, -0.2) is 8.42 Å². The van der Waals surface area contributed by atoms with E-state index in [1.807, 2.05) is 0 Å². The van der Waals surface area contributed by atoms with E-state index in [2.05, 4.69) is 20.2 Å². The first-order chi connectivity index (χ1) is 13.6. The van der Waals surface area contributed by atoms with Gasteiger partial charge < -0.3 is 10.1 Å². The molecular weight excluding hydrogens is 442 g/mol. The van der Waals surface area contributed by atoms with E-state index >= 15 is 0 Å². The number of benzene rings is 1. The van der Waals surface area contributed by atoms with Crippen LogP contribution < -0.4 is 14.8 Å². The van der Waals surface area contributed by atoms with Gasteiger partial charge in [-0.05, 0) is 31.0 Å². The van der Waals surface area contributed by atoms with E-state index in [0.29, 0.717) is 24.4 Å². The molecule has 0 spiro atoms. The summed E-state index contributed by atoms with van der Waals surface area (Å²) in [7, 11) is -6.60. The fraction of sp³-hybridized carbons (Fsp3) is 0.400. The Labute approximate surface area is 172 Å². The molecule has 158 valence electrons. The lowest BCUT2D eigenvalue weighted by Crippen LogP contribution is -2.28. The lowest BCUT2D eigenvalue weighted by molar-refractivity contribution is -0.114. The van der Waals surface area contributed by atoms with Gasteiger partial charge in [-0.1, -0.05) is 11.3 Å². The van der Waals surface area contributed by atoms with Gasteiger partial charge in [0.1, 0.15) is 5.75 Å². The van der Waals surface area contributed by atoms with Gasteiger partial charge in [0.25, 0.3) is 14.4 Å². The smallest absolute Gasteiger partial charge is 0.291 e. The number of nitrogens with zero attached hydrogens (tertiary/aromatic N) is 3. The SMILES string of the molecule is COc1ccc(S(=O)(=O)N2CCCC2)cc1NS(=O)(=O)c1nnc(NC(C)=O)s1. The van der Waals surface area contributed by atoms with Crippen molar-refractivity contribution in [2.75, 3.05) is 30.2 Å². The number of carbonyl (C=O) groups is 1. The predicted octanol–water partition coefficient (Wildman–Crippen LogP) is 1.09. The van der Waals surface area contributed by atoms with Crippen molar-refractivity contribution in [3.05, 3.63) is 18.2 Å². The van der Waals surface area contributed by atoms with E-state index in [0.717, 1.165) is 12.8 Å². The molecule has 2 heterocycles. The van der Waals surface area contributed by atoms with E-state index in [4.69, 9.17) is 4.74 Å². The summed E-state index contributed by atoms with van der Waals surface area (Å²) in [6.45, 7) is 2.10. The Morgan fingerprint density at radius 3 is 2.48 bits per heavy atom. The van der Waals surface area contributed by atoms with E-state index in [1.165, 1.54) is 36.5 Å². The maximum Gasteiger partial charge on any atom is 0.291 e. The number of carbonyl (C=O) groups excluding carboxylic acids is 1. The van der Waals surface area contributed by atoms with Crippen molar-refractivity contribution in [3.63, 3.8) is 0 Å². The number of aromatic nitrogens is 2. The van der Waals surface area contributed by atoms with Crippen LogP contribution in [-0.2, 0) is 24.8 Å². The van der Waals surface area contributed by atoms with Crippen molar-refractivity contribution in [3.8, 4) is 5.75 Å². The molecule has 0 atom stereocenters. The van der Waals surface area contributed by atoms with Crippen LogP contribution in [0, 0.1) is 0 Å². The number of hydrogen-bond acceptors (Lipinski definition) is 9. The van der Waals surface area contributed by atoms with Gasteiger partial charge in [0.05, 0.1) is 17.7 Å². The van der Waals surface area contributed by atoms with Crippen molar-refractivity contribution in [1.29, 1.82) is 0 Å². The maximum absolute atomic E-state index is 12.8. The highest BCUT2D eigenvalue weighted by molar-refractivity contribution is 7.94. The summed E-state index contributed by atoms with van der Waals surface area (Å²) < 4.78 is 59.3. The number of hydrogen-bond donors (Lipinski definition) is 2. The number of amides is 1. The van der Waals surface area contributed by atoms with Crippen molar-refractivity contribution < 1.29 is 26.4 Å². The molecule has 1 aromatic heterocycles. The number of ether oxygens (including phenoxy) is 1. The van der Waals surface area contributed by atoms with Gasteiger partial charge >= 0.3 is 0 Å². The first-order valence-corrected chi connectivity index (χ1v) is 12.2. The zero-order valence-electron chi connectivity index (χ0n) is 15.6. The van der Waals surface area contributed by atoms with Crippen molar-refractivity contribution in [1.82, 2.24) is 14.5 Å². The lowest BCUT2D eigenvalue weighted by Gasteiger charge is -2.17. The molecule has 0 aliphatic carbocycles. The Bertz CT molecular complexity index is 1120. The summed E-state index contributed by atoms with van der Waals surface area (Å²) in [4.78, 5) is 11.0. The summed E-state index contributed by atoms with van der Waals surface area (Å²) in [5.41, 5.74) is -0.0518. The molecule has 1 aliphatic heterocycles. The molecule has 14 heteroatoms. The zero-order chi connectivity index (χ0) is 21.2. The van der Waals surface area contributed by atoms with Crippen LogP contribution in [0.2, 0.25) is 0 Å². The Hall–Kier alpha value is -2.29. The largest absolute Gasteiger partial charge is 0.495 e. The molecule has 11 nitrogen and oxygen atoms in total. The molecule has 0 bridgehead atoms. The zero-order valence-corrected chi connectivity index (χ0v) is 18.0. The van der Waals surface area contributed by atoms with Crippen molar-refractivity contribution in [2.45, 2.75) is 29.0 Å². The Balaban J connectivity index is 1.93. The van der Waals surface area contributed by atoms with E-state index in [1.54, 1.807) is 0 Å². The highest BCUT2D eigenvalue weighted by atomic mass is 32.2. The molecule has 2 aromatic rings. The standard InChI is InChI=1S/C15H19N5O6S3/c1-10(21)16-14-17-18-15(27-14)28(22,23)19-12-9-11(5-6-13(12)26-2)29(24,25)20-7-3-4-8-20/h5-6,9,19H,3-4,7-8H2,1-2H3,(H,16,17,21). The van der Waals surface area contributed by atoms with Gasteiger partial charge in [-0.2, -0.15) is 12.7 Å². The fourth-order valence-electron chi connectivity index (χ4n) is 2.71. The van der Waals surface area contributed by atoms with Crippen LogP contribution in [0.15, 0.2) is 27.4 Å². The Kier molecular flexibility index (Phi) is 6.07. The van der Waals surface area contributed by atoms with Crippen LogP contribution in [0.1, 0.15) is 19.8 Å². The summed E-state index contributed by atoms with van der Waals surface area (Å²) in [6.07, 6.45) is 1.56. The van der Waals surface area contributed by atoms with Crippen LogP contribution in [-0.4, -0.2) is 57.4 Å². The summed E-state index contributed by atoms with van der Waals surface area (Å²) in [6, 6.07) is 3.95. The van der Waals surface area contributed by atoms with Crippen LogP contribution in [0.4, 0.5) is 10.8 Å². The first-order valence-electron chi connectivity index (χ1n) is 8.45. The molecule has 0 unspecified atom stereocenters. The second kappa shape index (κ2) is 8.22. The molecular formula is C15H19N5O6S3. The second-order valence-corrected chi connectivity index (χ2v) is 10.9. The maximum atomic E-state index is 12.8. The Morgan fingerprint density at radius 1 is 1.17 bits per heavy atom. The third-order valence-electron chi connectivity index (χ3n) is 4.04. The average Bonchev–Trinajstić information content (AvgIpc) is 3.33. The number of anilines is 2.